The van der Waals surface area contributed by atoms with Gasteiger partial charge in [-0.25, -0.2) is 0 Å². The van der Waals surface area contributed by atoms with Crippen molar-refractivity contribution in [2.75, 3.05) is 20.1 Å². The normalized spacial score (nSPS) is 15.4. The van der Waals surface area contributed by atoms with Gasteiger partial charge in [0.2, 0.25) is 11.8 Å². The zero-order chi connectivity index (χ0) is 22.6. The van der Waals surface area contributed by atoms with E-state index < -0.39 is 5.41 Å². The monoisotopic (exact) mass is 446 g/mol. The summed E-state index contributed by atoms with van der Waals surface area (Å²) in [5.74, 6) is 0.212. The summed E-state index contributed by atoms with van der Waals surface area (Å²) >= 11 is 1.72. The van der Waals surface area contributed by atoms with Gasteiger partial charge in [0.25, 0.3) is 0 Å². The number of hydrogen-bond acceptors (Lipinski definition) is 3. The van der Waals surface area contributed by atoms with Crippen LogP contribution >= 0.6 is 11.3 Å². The maximum atomic E-state index is 13.1. The minimum Gasteiger partial charge on any atom is -0.359 e. The fourth-order valence-electron chi connectivity index (χ4n) is 4.75. The smallest absolute Gasteiger partial charge is 0.226 e. The minimum absolute atomic E-state index is 0.0734. The van der Waals surface area contributed by atoms with Crippen LogP contribution in [0.1, 0.15) is 29.5 Å². The molecule has 1 aliphatic rings. The van der Waals surface area contributed by atoms with Gasteiger partial charge in [-0.3, -0.25) is 9.59 Å². The first-order chi connectivity index (χ1) is 15.5. The fraction of sp³-hybridized carbons (Fsp3) is 0.333. The summed E-state index contributed by atoms with van der Waals surface area (Å²) in [5.41, 5.74) is 4.10. The van der Waals surface area contributed by atoms with E-state index in [9.17, 15) is 9.59 Å². The van der Waals surface area contributed by atoms with E-state index in [1.54, 1.807) is 18.4 Å². The SMILES string of the molecule is CNC(=O)C1(Cc2ccccc2-c2cccs2)CCN(C(=O)Cc2cccc(C)c2)CC1. The topological polar surface area (TPSA) is 49.4 Å². The van der Waals surface area contributed by atoms with Crippen molar-refractivity contribution in [1.29, 1.82) is 0 Å². The molecule has 2 aromatic carbocycles. The van der Waals surface area contributed by atoms with E-state index in [1.807, 2.05) is 36.1 Å². The summed E-state index contributed by atoms with van der Waals surface area (Å²) < 4.78 is 0. The Morgan fingerprint density at radius 2 is 1.81 bits per heavy atom. The second-order valence-electron chi connectivity index (χ2n) is 8.72. The van der Waals surface area contributed by atoms with Gasteiger partial charge in [0.1, 0.15) is 0 Å². The van der Waals surface area contributed by atoms with Gasteiger partial charge in [-0.2, -0.15) is 0 Å². The number of piperidine rings is 1. The summed E-state index contributed by atoms with van der Waals surface area (Å²) in [6, 6.07) is 20.7. The molecule has 1 N–H and O–H groups in total. The van der Waals surface area contributed by atoms with Gasteiger partial charge >= 0.3 is 0 Å². The van der Waals surface area contributed by atoms with Gasteiger partial charge in [-0.1, -0.05) is 60.2 Å². The van der Waals surface area contributed by atoms with Crippen LogP contribution in [0.5, 0.6) is 0 Å². The number of thiophene rings is 1. The van der Waals surface area contributed by atoms with E-state index in [4.69, 9.17) is 0 Å². The quantitative estimate of drug-likeness (QED) is 0.588. The van der Waals surface area contributed by atoms with Crippen LogP contribution in [-0.4, -0.2) is 36.9 Å². The van der Waals surface area contributed by atoms with Crippen LogP contribution in [-0.2, 0) is 22.4 Å². The van der Waals surface area contributed by atoms with Crippen LogP contribution in [0.4, 0.5) is 0 Å². The van der Waals surface area contributed by atoms with Crippen LogP contribution < -0.4 is 5.32 Å². The standard InChI is InChI=1S/C27H30N2O2S/c1-20-7-5-8-21(17-20)18-25(30)29-14-12-27(13-15-29,26(31)28-2)19-22-9-3-4-10-23(22)24-11-6-16-32-24/h3-11,16-17H,12-15,18-19H2,1-2H3,(H,28,31). The van der Waals surface area contributed by atoms with Gasteiger partial charge in [-0.15, -0.1) is 11.3 Å². The Balaban J connectivity index is 1.50. The summed E-state index contributed by atoms with van der Waals surface area (Å²) in [5, 5.41) is 4.98. The molecule has 1 saturated heterocycles. The van der Waals surface area contributed by atoms with Crippen molar-refractivity contribution in [1.82, 2.24) is 10.2 Å². The van der Waals surface area contributed by atoms with Crippen molar-refractivity contribution in [2.24, 2.45) is 5.41 Å². The Hall–Kier alpha value is -2.92. The van der Waals surface area contributed by atoms with Crippen molar-refractivity contribution in [2.45, 2.75) is 32.6 Å². The van der Waals surface area contributed by atoms with Crippen molar-refractivity contribution in [3.05, 3.63) is 82.7 Å². The van der Waals surface area contributed by atoms with Crippen molar-refractivity contribution in [3.63, 3.8) is 0 Å². The molecule has 2 amide bonds. The summed E-state index contributed by atoms with van der Waals surface area (Å²) in [4.78, 5) is 29.2. The van der Waals surface area contributed by atoms with Crippen LogP contribution in [0, 0.1) is 12.3 Å². The predicted molar refractivity (Wildman–Crippen MR) is 131 cm³/mol. The summed E-state index contributed by atoms with van der Waals surface area (Å²) in [7, 11) is 1.71. The largest absolute Gasteiger partial charge is 0.359 e. The molecule has 1 fully saturated rings. The number of carbonyl (C=O) groups is 2. The van der Waals surface area contributed by atoms with E-state index in [0.717, 1.165) is 11.1 Å². The van der Waals surface area contributed by atoms with Crippen LogP contribution in [0.3, 0.4) is 0 Å². The molecule has 32 heavy (non-hydrogen) atoms. The molecule has 0 aliphatic carbocycles. The van der Waals surface area contributed by atoms with E-state index in [0.29, 0.717) is 38.8 Å². The highest BCUT2D eigenvalue weighted by atomic mass is 32.1. The van der Waals surface area contributed by atoms with Crippen LogP contribution in [0.2, 0.25) is 0 Å². The second-order valence-corrected chi connectivity index (χ2v) is 9.66. The zero-order valence-electron chi connectivity index (χ0n) is 18.8. The van der Waals surface area contributed by atoms with E-state index in [-0.39, 0.29) is 11.8 Å². The number of aryl methyl sites for hydroxylation is 1. The number of nitrogens with zero attached hydrogens (tertiary/aromatic N) is 1. The highest BCUT2D eigenvalue weighted by Crippen LogP contribution is 2.39. The Morgan fingerprint density at radius 1 is 1.03 bits per heavy atom. The first-order valence-electron chi connectivity index (χ1n) is 11.2. The fourth-order valence-corrected chi connectivity index (χ4v) is 5.54. The summed E-state index contributed by atoms with van der Waals surface area (Å²) in [6.45, 7) is 3.26. The molecule has 166 valence electrons. The van der Waals surface area contributed by atoms with Gasteiger partial charge in [-0.05, 0) is 54.3 Å². The van der Waals surface area contributed by atoms with Gasteiger partial charge in [0.05, 0.1) is 11.8 Å². The van der Waals surface area contributed by atoms with E-state index in [1.165, 1.54) is 16.0 Å². The number of rotatable bonds is 6. The number of hydrogen-bond donors (Lipinski definition) is 1. The molecule has 4 rings (SSSR count). The molecule has 1 aliphatic heterocycles. The molecule has 3 aromatic rings. The number of amides is 2. The molecule has 1 aromatic heterocycles. The molecule has 0 radical (unpaired) electrons. The number of nitrogens with one attached hydrogen (secondary N) is 1. The molecule has 2 heterocycles. The molecule has 0 unspecified atom stereocenters. The van der Waals surface area contributed by atoms with E-state index >= 15 is 0 Å². The number of benzene rings is 2. The molecular formula is C27H30N2O2S. The van der Waals surface area contributed by atoms with Crippen molar-refractivity contribution in [3.8, 4) is 10.4 Å². The lowest BCUT2D eigenvalue weighted by molar-refractivity contribution is -0.140. The van der Waals surface area contributed by atoms with Crippen LogP contribution in [0.25, 0.3) is 10.4 Å². The van der Waals surface area contributed by atoms with E-state index in [2.05, 4.69) is 47.1 Å². The van der Waals surface area contributed by atoms with Crippen LogP contribution in [0.15, 0.2) is 66.0 Å². The predicted octanol–water partition coefficient (Wildman–Crippen LogP) is 4.86. The average molecular weight is 447 g/mol. The highest BCUT2D eigenvalue weighted by Gasteiger charge is 2.42. The molecular weight excluding hydrogens is 416 g/mol. The Morgan fingerprint density at radius 3 is 2.50 bits per heavy atom. The average Bonchev–Trinajstić information content (AvgIpc) is 3.34. The Labute approximate surface area is 194 Å². The first-order valence-corrected chi connectivity index (χ1v) is 12.1. The van der Waals surface area contributed by atoms with Gasteiger partial charge < -0.3 is 10.2 Å². The first kappa shape index (κ1) is 22.3. The maximum absolute atomic E-state index is 13.1. The second kappa shape index (κ2) is 9.70. The Kier molecular flexibility index (Phi) is 6.75. The molecule has 4 nitrogen and oxygen atoms in total. The molecule has 0 spiro atoms. The third kappa shape index (κ3) is 4.78. The summed E-state index contributed by atoms with van der Waals surface area (Å²) in [6.07, 6.45) is 2.44. The Bertz CT molecular complexity index is 1080. The zero-order valence-corrected chi connectivity index (χ0v) is 19.6. The van der Waals surface area contributed by atoms with Crippen molar-refractivity contribution < 1.29 is 9.59 Å². The lowest BCUT2D eigenvalue weighted by atomic mass is 9.72. The molecule has 0 bridgehead atoms. The molecule has 5 heteroatoms. The third-order valence-corrected chi connectivity index (χ3v) is 7.46. The lowest BCUT2D eigenvalue weighted by Gasteiger charge is -2.41. The highest BCUT2D eigenvalue weighted by molar-refractivity contribution is 7.13. The number of carbonyl (C=O) groups excluding carboxylic acids is 2. The lowest BCUT2D eigenvalue weighted by Crippen LogP contribution is -2.51. The third-order valence-electron chi connectivity index (χ3n) is 6.55. The number of likely N-dealkylation sites (tertiary alicyclic amines) is 1. The maximum Gasteiger partial charge on any atom is 0.226 e. The van der Waals surface area contributed by atoms with Gasteiger partial charge in [0, 0.05) is 25.0 Å². The van der Waals surface area contributed by atoms with Gasteiger partial charge in [0.15, 0.2) is 0 Å². The minimum atomic E-state index is -0.498. The molecule has 0 saturated carbocycles. The molecule has 0 atom stereocenters. The van der Waals surface area contributed by atoms with Crippen molar-refractivity contribution >= 4 is 23.2 Å².